The van der Waals surface area contributed by atoms with Crippen molar-refractivity contribution >= 4 is 24.8 Å². The highest BCUT2D eigenvalue weighted by Gasteiger charge is 2.18. The summed E-state index contributed by atoms with van der Waals surface area (Å²) in [4.78, 5) is 0. The topological polar surface area (TPSA) is 25.8 Å². The highest BCUT2D eigenvalue weighted by atomic mass is 35.5. The molecule has 1 aromatic heterocycles. The fourth-order valence-corrected chi connectivity index (χ4v) is 1.85. The lowest BCUT2D eigenvalue weighted by Crippen LogP contribution is -1.87. The minimum Gasteiger partial charge on any atom is -0.159 e. The first-order valence-electron chi connectivity index (χ1n) is 4.34. The predicted octanol–water partition coefficient (Wildman–Crippen LogP) is 2.89. The number of aromatic nitrogens is 2. The second-order valence-corrected chi connectivity index (χ2v) is 3.23. The van der Waals surface area contributed by atoms with Crippen LogP contribution < -0.4 is 0 Å². The summed E-state index contributed by atoms with van der Waals surface area (Å²) in [7, 11) is 0. The molecule has 0 aliphatic heterocycles. The van der Waals surface area contributed by atoms with E-state index in [1.807, 2.05) is 6.07 Å². The number of hydrogen-bond acceptors (Lipinski definition) is 2. The molecule has 0 fully saturated rings. The van der Waals surface area contributed by atoms with Crippen molar-refractivity contribution in [2.24, 2.45) is 0 Å². The molecule has 78 valence electrons. The average Bonchev–Trinajstić information content (AvgIpc) is 2.56. The fourth-order valence-electron chi connectivity index (χ4n) is 1.85. The zero-order valence-electron chi connectivity index (χ0n) is 7.88. The monoisotopic (exact) mass is 240 g/mol. The summed E-state index contributed by atoms with van der Waals surface area (Å²) in [5.41, 5.74) is 5.01. The maximum absolute atomic E-state index is 4.12. The second-order valence-electron chi connectivity index (χ2n) is 3.23. The van der Waals surface area contributed by atoms with Gasteiger partial charge < -0.3 is 0 Å². The molecule has 0 spiro atoms. The molecule has 0 unspecified atom stereocenters. The number of nitrogens with zero attached hydrogens (tertiary/aromatic N) is 2. The van der Waals surface area contributed by atoms with Gasteiger partial charge in [-0.2, -0.15) is 10.2 Å². The first-order chi connectivity index (χ1) is 6.45. The van der Waals surface area contributed by atoms with Crippen molar-refractivity contribution in [3.63, 3.8) is 0 Å². The van der Waals surface area contributed by atoms with Gasteiger partial charge in [0.05, 0.1) is 11.9 Å². The van der Waals surface area contributed by atoms with E-state index < -0.39 is 0 Å². The number of halogens is 2. The van der Waals surface area contributed by atoms with Gasteiger partial charge >= 0.3 is 0 Å². The molecule has 0 atom stereocenters. The van der Waals surface area contributed by atoms with Gasteiger partial charge in [0.15, 0.2) is 0 Å². The molecule has 3 rings (SSSR count). The van der Waals surface area contributed by atoms with Crippen molar-refractivity contribution in [3.05, 3.63) is 47.8 Å². The first kappa shape index (κ1) is 12.0. The Morgan fingerprint density at radius 2 is 1.73 bits per heavy atom. The molecule has 0 saturated carbocycles. The molecule has 0 bridgehead atoms. The SMILES string of the molecule is Cl.Cl.c1ccc2c(c1)Cc1nnccc1-2. The van der Waals surface area contributed by atoms with Crippen molar-refractivity contribution in [3.8, 4) is 11.1 Å². The highest BCUT2D eigenvalue weighted by Crippen LogP contribution is 2.33. The van der Waals surface area contributed by atoms with Crippen LogP contribution in [0.2, 0.25) is 0 Å². The molecular weight excluding hydrogens is 231 g/mol. The number of rotatable bonds is 0. The van der Waals surface area contributed by atoms with Gasteiger partial charge in [0.2, 0.25) is 0 Å². The first-order valence-corrected chi connectivity index (χ1v) is 4.34. The van der Waals surface area contributed by atoms with Gasteiger partial charge in [-0.15, -0.1) is 24.8 Å². The van der Waals surface area contributed by atoms with Crippen LogP contribution in [0.1, 0.15) is 11.3 Å². The van der Waals surface area contributed by atoms with Crippen molar-refractivity contribution in [1.82, 2.24) is 10.2 Å². The largest absolute Gasteiger partial charge is 0.159 e. The predicted molar refractivity (Wildman–Crippen MR) is 64.8 cm³/mol. The van der Waals surface area contributed by atoms with E-state index in [0.29, 0.717) is 0 Å². The Hall–Kier alpha value is -1.12. The molecule has 0 N–H and O–H groups in total. The molecule has 4 heteroatoms. The zero-order chi connectivity index (χ0) is 8.67. The molecular formula is C11H10Cl2N2. The summed E-state index contributed by atoms with van der Waals surface area (Å²) in [6.07, 6.45) is 2.68. The quantitative estimate of drug-likeness (QED) is 0.604. The van der Waals surface area contributed by atoms with Crippen LogP contribution in [0.15, 0.2) is 36.5 Å². The van der Waals surface area contributed by atoms with Crippen LogP contribution in [0, 0.1) is 0 Å². The summed E-state index contributed by atoms with van der Waals surface area (Å²) < 4.78 is 0. The molecule has 1 heterocycles. The number of hydrogen-bond donors (Lipinski definition) is 0. The normalized spacial score (nSPS) is 10.7. The molecule has 0 amide bonds. The van der Waals surface area contributed by atoms with Gasteiger partial charge in [-0.25, -0.2) is 0 Å². The van der Waals surface area contributed by atoms with E-state index in [1.54, 1.807) is 6.20 Å². The molecule has 2 aromatic rings. The molecule has 0 saturated heterocycles. The Labute approximate surface area is 101 Å². The maximum atomic E-state index is 4.12. The van der Waals surface area contributed by atoms with E-state index in [1.165, 1.54) is 16.7 Å². The standard InChI is InChI=1S/C11H8N2.2ClH/c1-2-4-9-8(3-1)7-11-10(9)5-6-12-13-11;;/h1-6H,7H2;2*1H. The van der Waals surface area contributed by atoms with Gasteiger partial charge in [-0.1, -0.05) is 24.3 Å². The molecule has 0 radical (unpaired) electrons. The lowest BCUT2D eigenvalue weighted by atomic mass is 10.1. The van der Waals surface area contributed by atoms with Gasteiger partial charge in [-0.05, 0) is 17.2 Å². The molecule has 1 aliphatic rings. The lowest BCUT2D eigenvalue weighted by Gasteiger charge is -1.96. The third kappa shape index (κ3) is 1.83. The minimum absolute atomic E-state index is 0. The number of benzene rings is 1. The van der Waals surface area contributed by atoms with Gasteiger partial charge in [0.1, 0.15) is 0 Å². The van der Waals surface area contributed by atoms with E-state index in [9.17, 15) is 0 Å². The van der Waals surface area contributed by atoms with Gasteiger partial charge in [0, 0.05) is 12.0 Å². The van der Waals surface area contributed by atoms with Crippen LogP contribution in [0.5, 0.6) is 0 Å². The molecule has 2 nitrogen and oxygen atoms in total. The molecule has 1 aromatic carbocycles. The van der Waals surface area contributed by atoms with Gasteiger partial charge in [-0.3, -0.25) is 0 Å². The van der Waals surface area contributed by atoms with E-state index >= 15 is 0 Å². The molecule has 15 heavy (non-hydrogen) atoms. The smallest absolute Gasteiger partial charge is 0.0753 e. The van der Waals surface area contributed by atoms with E-state index in [2.05, 4.69) is 34.5 Å². The zero-order valence-corrected chi connectivity index (χ0v) is 9.52. The summed E-state index contributed by atoms with van der Waals surface area (Å²) >= 11 is 0. The van der Waals surface area contributed by atoms with Crippen LogP contribution in [0.3, 0.4) is 0 Å². The molecule has 1 aliphatic carbocycles. The third-order valence-corrected chi connectivity index (χ3v) is 2.46. The third-order valence-electron chi connectivity index (χ3n) is 2.46. The number of fused-ring (bicyclic) bond motifs is 3. The van der Waals surface area contributed by atoms with Crippen LogP contribution in [0.25, 0.3) is 11.1 Å². The van der Waals surface area contributed by atoms with Gasteiger partial charge in [0.25, 0.3) is 0 Å². The summed E-state index contributed by atoms with van der Waals surface area (Å²) in [6, 6.07) is 10.5. The maximum Gasteiger partial charge on any atom is 0.0753 e. The second kappa shape index (κ2) is 4.60. The van der Waals surface area contributed by atoms with Crippen LogP contribution >= 0.6 is 24.8 Å². The average molecular weight is 241 g/mol. The van der Waals surface area contributed by atoms with Crippen molar-refractivity contribution in [1.29, 1.82) is 0 Å². The Bertz CT molecular complexity index is 428. The minimum atomic E-state index is 0. The van der Waals surface area contributed by atoms with Crippen LogP contribution in [-0.4, -0.2) is 10.2 Å². The van der Waals surface area contributed by atoms with Crippen molar-refractivity contribution in [2.75, 3.05) is 0 Å². The van der Waals surface area contributed by atoms with Crippen LogP contribution in [-0.2, 0) is 6.42 Å². The summed E-state index contributed by atoms with van der Waals surface area (Å²) in [6.45, 7) is 0. The Balaban J connectivity index is 0.000000562. The fraction of sp³-hybridized carbons (Fsp3) is 0.0909. The lowest BCUT2D eigenvalue weighted by molar-refractivity contribution is 0.959. The highest BCUT2D eigenvalue weighted by molar-refractivity contribution is 5.85. The Morgan fingerprint density at radius 3 is 2.60 bits per heavy atom. The van der Waals surface area contributed by atoms with E-state index in [4.69, 9.17) is 0 Å². The van der Waals surface area contributed by atoms with E-state index in [0.717, 1.165) is 12.1 Å². The summed E-state index contributed by atoms with van der Waals surface area (Å²) in [5, 5.41) is 8.01. The van der Waals surface area contributed by atoms with Crippen LogP contribution in [0.4, 0.5) is 0 Å². The van der Waals surface area contributed by atoms with Crippen molar-refractivity contribution in [2.45, 2.75) is 6.42 Å². The Morgan fingerprint density at radius 1 is 0.933 bits per heavy atom. The summed E-state index contributed by atoms with van der Waals surface area (Å²) in [5.74, 6) is 0. The van der Waals surface area contributed by atoms with E-state index in [-0.39, 0.29) is 24.8 Å². The van der Waals surface area contributed by atoms with Crippen molar-refractivity contribution < 1.29 is 0 Å². The Kier molecular flexibility index (Phi) is 3.66.